The minimum absolute atomic E-state index is 0.218. The summed E-state index contributed by atoms with van der Waals surface area (Å²) in [6.45, 7) is 0. The molecular weight excluding hydrogens is 274 g/mol. The first-order valence-electron chi connectivity index (χ1n) is 8.39. The number of esters is 1. The van der Waals surface area contributed by atoms with E-state index < -0.39 is 0 Å². The smallest absolute Gasteiger partial charge is 0.337 e. The summed E-state index contributed by atoms with van der Waals surface area (Å²) in [6.07, 6.45) is 10.2. The number of carbonyl (C=O) groups is 1. The molecule has 0 aromatic heterocycles. The SMILES string of the molecule is COC(=O)c1ccc(C=NC23CC4CC(CC(C4)C2)C3)cc1. The van der Waals surface area contributed by atoms with E-state index in [1.54, 1.807) is 0 Å². The van der Waals surface area contributed by atoms with Crippen LogP contribution in [-0.4, -0.2) is 24.8 Å². The van der Waals surface area contributed by atoms with Crippen LogP contribution in [0.4, 0.5) is 0 Å². The number of ether oxygens (including phenoxy) is 1. The molecule has 0 aliphatic heterocycles. The molecule has 0 N–H and O–H groups in total. The van der Waals surface area contributed by atoms with Gasteiger partial charge in [-0.3, -0.25) is 4.99 Å². The number of methoxy groups -OCH3 is 1. The molecule has 1 aromatic rings. The van der Waals surface area contributed by atoms with Crippen molar-refractivity contribution in [2.24, 2.45) is 22.7 Å². The molecule has 4 aliphatic rings. The summed E-state index contributed by atoms with van der Waals surface area (Å²) in [5.41, 5.74) is 1.88. The predicted octanol–water partition coefficient (Wildman–Crippen LogP) is 3.86. The molecule has 3 nitrogen and oxygen atoms in total. The topological polar surface area (TPSA) is 38.7 Å². The van der Waals surface area contributed by atoms with Crippen molar-refractivity contribution < 1.29 is 9.53 Å². The molecule has 0 spiro atoms. The Bertz CT molecular complexity index is 567. The highest BCUT2D eigenvalue weighted by Gasteiger charge is 2.50. The van der Waals surface area contributed by atoms with Crippen LogP contribution in [0, 0.1) is 17.8 Å². The Labute approximate surface area is 131 Å². The van der Waals surface area contributed by atoms with E-state index in [0.29, 0.717) is 5.56 Å². The summed E-state index contributed by atoms with van der Waals surface area (Å²) in [6, 6.07) is 7.53. The van der Waals surface area contributed by atoms with Gasteiger partial charge in [0.2, 0.25) is 0 Å². The van der Waals surface area contributed by atoms with Crippen molar-refractivity contribution in [1.82, 2.24) is 0 Å². The van der Waals surface area contributed by atoms with Gasteiger partial charge in [0.05, 0.1) is 18.2 Å². The second-order valence-electron chi connectivity index (χ2n) is 7.51. The van der Waals surface area contributed by atoms with Crippen LogP contribution in [0.15, 0.2) is 29.3 Å². The first kappa shape index (κ1) is 14.0. The second-order valence-corrected chi connectivity index (χ2v) is 7.51. The van der Waals surface area contributed by atoms with Crippen LogP contribution in [-0.2, 0) is 4.74 Å². The zero-order valence-electron chi connectivity index (χ0n) is 13.1. The molecule has 1 aromatic carbocycles. The Morgan fingerprint density at radius 3 is 2.14 bits per heavy atom. The molecule has 0 amide bonds. The monoisotopic (exact) mass is 297 g/mol. The van der Waals surface area contributed by atoms with Crippen LogP contribution in [0.3, 0.4) is 0 Å². The fourth-order valence-corrected chi connectivity index (χ4v) is 5.26. The van der Waals surface area contributed by atoms with E-state index in [1.807, 2.05) is 30.5 Å². The summed E-state index contributed by atoms with van der Waals surface area (Å²) in [7, 11) is 1.41. The number of benzene rings is 1. The molecule has 4 saturated carbocycles. The van der Waals surface area contributed by atoms with Gasteiger partial charge in [0.1, 0.15) is 0 Å². The Hall–Kier alpha value is -1.64. The molecule has 0 heterocycles. The number of rotatable bonds is 3. The quantitative estimate of drug-likeness (QED) is 0.627. The van der Waals surface area contributed by atoms with E-state index in [9.17, 15) is 4.79 Å². The lowest BCUT2D eigenvalue weighted by molar-refractivity contribution is 0.00194. The first-order valence-corrected chi connectivity index (χ1v) is 8.39. The first-order chi connectivity index (χ1) is 10.7. The highest BCUT2D eigenvalue weighted by molar-refractivity contribution is 5.90. The molecule has 4 aliphatic carbocycles. The van der Waals surface area contributed by atoms with Gasteiger partial charge in [0.25, 0.3) is 0 Å². The number of hydrogen-bond acceptors (Lipinski definition) is 3. The summed E-state index contributed by atoms with van der Waals surface area (Å²) in [4.78, 5) is 16.5. The normalized spacial score (nSPS) is 36.0. The third-order valence-electron chi connectivity index (χ3n) is 5.83. The predicted molar refractivity (Wildman–Crippen MR) is 86.3 cm³/mol. The summed E-state index contributed by atoms with van der Waals surface area (Å²) in [5, 5.41) is 0. The summed E-state index contributed by atoms with van der Waals surface area (Å²) in [5.74, 6) is 2.48. The molecule has 0 radical (unpaired) electrons. The molecule has 0 unspecified atom stereocenters. The molecule has 3 heteroatoms. The molecule has 116 valence electrons. The lowest BCUT2D eigenvalue weighted by atomic mass is 9.53. The Morgan fingerprint density at radius 1 is 1.09 bits per heavy atom. The highest BCUT2D eigenvalue weighted by Crippen LogP contribution is 2.57. The Kier molecular flexibility index (Phi) is 3.32. The van der Waals surface area contributed by atoms with Crippen LogP contribution in [0.1, 0.15) is 54.4 Å². The van der Waals surface area contributed by atoms with E-state index >= 15 is 0 Å². The second kappa shape index (κ2) is 5.22. The highest BCUT2D eigenvalue weighted by atomic mass is 16.5. The van der Waals surface area contributed by atoms with Gasteiger partial charge >= 0.3 is 5.97 Å². The van der Waals surface area contributed by atoms with Gasteiger partial charge in [0, 0.05) is 6.21 Å². The molecule has 4 fully saturated rings. The van der Waals surface area contributed by atoms with E-state index in [1.165, 1.54) is 45.6 Å². The van der Waals surface area contributed by atoms with E-state index in [0.717, 1.165) is 23.3 Å². The number of nitrogens with zero attached hydrogens (tertiary/aromatic N) is 1. The fraction of sp³-hybridized carbons (Fsp3) is 0.579. The van der Waals surface area contributed by atoms with Crippen molar-refractivity contribution in [3.8, 4) is 0 Å². The number of hydrogen-bond donors (Lipinski definition) is 0. The van der Waals surface area contributed by atoms with Gasteiger partial charge < -0.3 is 4.74 Å². The zero-order chi connectivity index (χ0) is 15.2. The van der Waals surface area contributed by atoms with Crippen molar-refractivity contribution in [1.29, 1.82) is 0 Å². The summed E-state index contributed by atoms with van der Waals surface area (Å²) >= 11 is 0. The average Bonchev–Trinajstić information content (AvgIpc) is 2.51. The van der Waals surface area contributed by atoms with Crippen LogP contribution in [0.2, 0.25) is 0 Å². The molecule has 22 heavy (non-hydrogen) atoms. The summed E-state index contributed by atoms with van der Waals surface area (Å²) < 4.78 is 4.73. The largest absolute Gasteiger partial charge is 0.465 e. The van der Waals surface area contributed by atoms with Crippen molar-refractivity contribution in [3.05, 3.63) is 35.4 Å². The van der Waals surface area contributed by atoms with Crippen molar-refractivity contribution >= 4 is 12.2 Å². The molecule has 5 rings (SSSR count). The van der Waals surface area contributed by atoms with Crippen LogP contribution in [0.25, 0.3) is 0 Å². The standard InChI is InChI=1S/C19H23NO2/c1-22-18(21)17-4-2-13(3-5-17)12-20-19-9-14-6-15(10-19)8-16(7-14)11-19/h2-5,12,14-16H,6-11H2,1H3. The zero-order valence-corrected chi connectivity index (χ0v) is 13.1. The number of aliphatic imine (C=N–C) groups is 1. The average molecular weight is 297 g/mol. The fourth-order valence-electron chi connectivity index (χ4n) is 5.26. The lowest BCUT2D eigenvalue weighted by Gasteiger charge is -2.54. The van der Waals surface area contributed by atoms with Crippen molar-refractivity contribution in [2.75, 3.05) is 7.11 Å². The van der Waals surface area contributed by atoms with E-state index in [4.69, 9.17) is 9.73 Å². The minimum Gasteiger partial charge on any atom is -0.465 e. The number of carbonyl (C=O) groups excluding carboxylic acids is 1. The van der Waals surface area contributed by atoms with Crippen LogP contribution < -0.4 is 0 Å². The van der Waals surface area contributed by atoms with Crippen LogP contribution in [0.5, 0.6) is 0 Å². The van der Waals surface area contributed by atoms with Gasteiger partial charge in [-0.25, -0.2) is 4.79 Å². The minimum atomic E-state index is -0.287. The molecule has 0 atom stereocenters. The maximum absolute atomic E-state index is 11.5. The Morgan fingerprint density at radius 2 is 1.64 bits per heavy atom. The van der Waals surface area contributed by atoms with Crippen LogP contribution >= 0.6 is 0 Å². The van der Waals surface area contributed by atoms with E-state index in [-0.39, 0.29) is 11.5 Å². The third kappa shape index (κ3) is 2.47. The van der Waals surface area contributed by atoms with Crippen molar-refractivity contribution in [2.45, 2.75) is 44.1 Å². The maximum Gasteiger partial charge on any atom is 0.337 e. The molecule has 4 bridgehead atoms. The lowest BCUT2D eigenvalue weighted by Crippen LogP contribution is -2.49. The molecule has 0 saturated heterocycles. The van der Waals surface area contributed by atoms with E-state index in [2.05, 4.69) is 0 Å². The molecular formula is C19H23NO2. The Balaban J connectivity index is 1.51. The van der Waals surface area contributed by atoms with Crippen molar-refractivity contribution in [3.63, 3.8) is 0 Å². The van der Waals surface area contributed by atoms with Gasteiger partial charge in [-0.05, 0) is 74.0 Å². The maximum atomic E-state index is 11.5. The van der Waals surface area contributed by atoms with Gasteiger partial charge in [-0.15, -0.1) is 0 Å². The van der Waals surface area contributed by atoms with Gasteiger partial charge in [0.15, 0.2) is 0 Å². The third-order valence-corrected chi connectivity index (χ3v) is 5.83. The van der Waals surface area contributed by atoms with Gasteiger partial charge in [-0.1, -0.05) is 12.1 Å². The van der Waals surface area contributed by atoms with Gasteiger partial charge in [-0.2, -0.15) is 0 Å².